The largest absolute Gasteiger partial charge is 0.299 e. The molecule has 0 unspecified atom stereocenters. The zero-order valence-corrected chi connectivity index (χ0v) is 10.3. The molecule has 104 valence electrons. The summed E-state index contributed by atoms with van der Waals surface area (Å²) in [5, 5.41) is 21.7. The van der Waals surface area contributed by atoms with Gasteiger partial charge in [-0.15, -0.1) is 0 Å². The first-order valence-corrected chi connectivity index (χ1v) is 5.90. The van der Waals surface area contributed by atoms with Gasteiger partial charge >= 0.3 is 0 Å². The highest BCUT2D eigenvalue weighted by atomic mass is 16.6. The minimum atomic E-state index is -1.18. The molecule has 0 heterocycles. The Morgan fingerprint density at radius 2 is 1.60 bits per heavy atom. The number of nitro benzene ring substituents is 2. The average Bonchev–Trinajstić information content (AvgIpc) is 2.38. The summed E-state index contributed by atoms with van der Waals surface area (Å²) in [6.45, 7) is 0. The highest BCUT2D eigenvalue weighted by molar-refractivity contribution is 6.10. The highest BCUT2D eigenvalue weighted by Gasteiger charge is 2.36. The predicted octanol–water partition coefficient (Wildman–Crippen LogP) is 1.91. The molecule has 0 aliphatic heterocycles. The molecule has 8 heteroatoms. The molecule has 1 saturated carbocycles. The van der Waals surface area contributed by atoms with E-state index in [0.717, 1.165) is 18.2 Å². The van der Waals surface area contributed by atoms with Crippen molar-refractivity contribution in [2.45, 2.75) is 25.2 Å². The number of nitrogens with zero attached hydrogens (tertiary/aromatic N) is 2. The summed E-state index contributed by atoms with van der Waals surface area (Å²) in [6.07, 6.45) is 0.810. The van der Waals surface area contributed by atoms with Gasteiger partial charge in [0.1, 0.15) is 17.5 Å². The van der Waals surface area contributed by atoms with Crippen molar-refractivity contribution in [2.75, 3.05) is 0 Å². The summed E-state index contributed by atoms with van der Waals surface area (Å²) in [7, 11) is 0. The van der Waals surface area contributed by atoms with Crippen molar-refractivity contribution in [1.82, 2.24) is 0 Å². The molecule has 0 radical (unpaired) electrons. The van der Waals surface area contributed by atoms with Crippen LogP contribution in [-0.2, 0) is 9.59 Å². The van der Waals surface area contributed by atoms with Crippen molar-refractivity contribution in [3.63, 3.8) is 0 Å². The Morgan fingerprint density at radius 3 is 2.10 bits per heavy atom. The van der Waals surface area contributed by atoms with E-state index in [9.17, 15) is 29.8 Å². The third-order valence-electron chi connectivity index (χ3n) is 3.22. The fourth-order valence-electron chi connectivity index (χ4n) is 2.30. The molecule has 0 bridgehead atoms. The van der Waals surface area contributed by atoms with E-state index < -0.39 is 27.1 Å². The van der Waals surface area contributed by atoms with E-state index in [1.54, 1.807) is 0 Å². The van der Waals surface area contributed by atoms with E-state index in [1.807, 2.05) is 0 Å². The molecule has 20 heavy (non-hydrogen) atoms. The van der Waals surface area contributed by atoms with Crippen LogP contribution in [0.15, 0.2) is 18.2 Å². The normalized spacial score (nSPS) is 16.2. The second-order valence-corrected chi connectivity index (χ2v) is 4.48. The Labute approximate surface area is 112 Å². The number of Topliss-reactive ketones (excluding diaryl/α,β-unsaturated/α-hetero) is 2. The van der Waals surface area contributed by atoms with Gasteiger partial charge in [-0.3, -0.25) is 29.8 Å². The van der Waals surface area contributed by atoms with Crippen LogP contribution in [0.5, 0.6) is 0 Å². The lowest BCUT2D eigenvalue weighted by Crippen LogP contribution is -2.27. The fraction of sp³-hybridized carbons (Fsp3) is 0.333. The third-order valence-corrected chi connectivity index (χ3v) is 3.22. The molecule has 0 atom stereocenters. The van der Waals surface area contributed by atoms with E-state index in [1.165, 1.54) is 0 Å². The van der Waals surface area contributed by atoms with E-state index in [2.05, 4.69) is 0 Å². The molecule has 1 aliphatic carbocycles. The number of hydrogen-bond donors (Lipinski definition) is 0. The van der Waals surface area contributed by atoms with Crippen molar-refractivity contribution >= 4 is 22.9 Å². The molecule has 0 spiro atoms. The molecule has 0 amide bonds. The van der Waals surface area contributed by atoms with Crippen molar-refractivity contribution in [3.8, 4) is 0 Å². The van der Waals surface area contributed by atoms with Crippen LogP contribution < -0.4 is 0 Å². The van der Waals surface area contributed by atoms with E-state index >= 15 is 0 Å². The smallest absolute Gasteiger partial charge is 0.280 e. The minimum Gasteiger partial charge on any atom is -0.299 e. The molecule has 1 aromatic carbocycles. The molecule has 1 fully saturated rings. The van der Waals surface area contributed by atoms with Crippen LogP contribution in [-0.4, -0.2) is 21.4 Å². The Kier molecular flexibility index (Phi) is 3.55. The number of ketones is 2. The highest BCUT2D eigenvalue weighted by Crippen LogP contribution is 2.35. The van der Waals surface area contributed by atoms with Gasteiger partial charge < -0.3 is 0 Å². The van der Waals surface area contributed by atoms with Crippen LogP contribution in [0.2, 0.25) is 0 Å². The fourth-order valence-corrected chi connectivity index (χ4v) is 2.30. The second-order valence-electron chi connectivity index (χ2n) is 4.48. The number of hydrogen-bond acceptors (Lipinski definition) is 6. The molecule has 0 saturated heterocycles. The first kappa shape index (κ1) is 13.8. The molecule has 0 N–H and O–H groups in total. The second kappa shape index (κ2) is 5.16. The van der Waals surface area contributed by atoms with E-state index in [-0.39, 0.29) is 30.0 Å². The number of carbonyl (C=O) groups excluding carboxylic acids is 2. The number of benzene rings is 1. The van der Waals surface area contributed by atoms with Gasteiger partial charge in [-0.05, 0) is 12.5 Å². The van der Waals surface area contributed by atoms with Crippen LogP contribution in [0.1, 0.15) is 30.7 Å². The van der Waals surface area contributed by atoms with Crippen LogP contribution in [0.3, 0.4) is 0 Å². The van der Waals surface area contributed by atoms with Gasteiger partial charge in [-0.1, -0.05) is 0 Å². The standard InChI is InChI=1S/C12H10N2O6/c15-10-2-1-3-11(16)12(10)8-5-4-7(13(17)18)6-9(8)14(19)20/h4-6,12H,1-3H2. The first-order valence-electron chi connectivity index (χ1n) is 5.90. The van der Waals surface area contributed by atoms with Gasteiger partial charge in [0, 0.05) is 24.5 Å². The van der Waals surface area contributed by atoms with Crippen molar-refractivity contribution < 1.29 is 19.4 Å². The predicted molar refractivity (Wildman–Crippen MR) is 66.4 cm³/mol. The monoisotopic (exact) mass is 278 g/mol. The number of rotatable bonds is 3. The molecule has 8 nitrogen and oxygen atoms in total. The average molecular weight is 278 g/mol. The molecular weight excluding hydrogens is 268 g/mol. The lowest BCUT2D eigenvalue weighted by atomic mass is 9.81. The van der Waals surface area contributed by atoms with E-state index in [0.29, 0.717) is 6.42 Å². The van der Waals surface area contributed by atoms with Gasteiger partial charge in [0.25, 0.3) is 11.4 Å². The minimum absolute atomic E-state index is 0.0599. The third kappa shape index (κ3) is 2.40. The molecule has 0 aromatic heterocycles. The topological polar surface area (TPSA) is 120 Å². The SMILES string of the molecule is O=C1CCCC(=O)C1c1ccc([N+](=O)[O-])cc1[N+](=O)[O-]. The zero-order valence-electron chi connectivity index (χ0n) is 10.3. The maximum Gasteiger partial charge on any atom is 0.280 e. The lowest BCUT2D eigenvalue weighted by Gasteiger charge is -2.19. The van der Waals surface area contributed by atoms with Gasteiger partial charge in [-0.25, -0.2) is 0 Å². The summed E-state index contributed by atoms with van der Waals surface area (Å²) in [5.41, 5.74) is -1.07. The summed E-state index contributed by atoms with van der Waals surface area (Å²) >= 11 is 0. The Balaban J connectivity index is 2.55. The van der Waals surface area contributed by atoms with Crippen molar-refractivity contribution in [1.29, 1.82) is 0 Å². The molecule has 1 aliphatic rings. The van der Waals surface area contributed by atoms with Gasteiger partial charge in [0.05, 0.1) is 15.9 Å². The zero-order chi connectivity index (χ0) is 14.9. The quantitative estimate of drug-likeness (QED) is 0.473. The van der Waals surface area contributed by atoms with Gasteiger partial charge in [0.15, 0.2) is 0 Å². The number of non-ortho nitro benzene ring substituents is 1. The van der Waals surface area contributed by atoms with Crippen LogP contribution in [0, 0.1) is 20.2 Å². The maximum absolute atomic E-state index is 11.8. The molecule has 1 aromatic rings. The van der Waals surface area contributed by atoms with Gasteiger partial charge in [-0.2, -0.15) is 0 Å². The summed E-state index contributed by atoms with van der Waals surface area (Å²) in [4.78, 5) is 43.7. The number of nitro groups is 2. The van der Waals surface area contributed by atoms with Gasteiger partial charge in [0.2, 0.25) is 0 Å². The maximum atomic E-state index is 11.8. The molecule has 2 rings (SSSR count). The Morgan fingerprint density at radius 1 is 1.00 bits per heavy atom. The number of carbonyl (C=O) groups is 2. The summed E-state index contributed by atoms with van der Waals surface area (Å²) in [6, 6.07) is 2.98. The van der Waals surface area contributed by atoms with E-state index in [4.69, 9.17) is 0 Å². The lowest BCUT2D eigenvalue weighted by molar-refractivity contribution is -0.394. The van der Waals surface area contributed by atoms with Crippen LogP contribution in [0.25, 0.3) is 0 Å². The van der Waals surface area contributed by atoms with Crippen LogP contribution in [0.4, 0.5) is 11.4 Å². The Bertz CT molecular complexity index is 608. The summed E-state index contributed by atoms with van der Waals surface area (Å²) in [5.74, 6) is -1.93. The van der Waals surface area contributed by atoms with Crippen molar-refractivity contribution in [2.24, 2.45) is 0 Å². The first-order chi connectivity index (χ1) is 9.41. The Hall–Kier alpha value is -2.64. The van der Waals surface area contributed by atoms with Crippen LogP contribution >= 0.6 is 0 Å². The molecular formula is C12H10N2O6. The summed E-state index contributed by atoms with van der Waals surface area (Å²) < 4.78 is 0. The van der Waals surface area contributed by atoms with Crippen molar-refractivity contribution in [3.05, 3.63) is 44.0 Å².